The fraction of sp³-hybridized carbons (Fsp3) is 0.200. The molecule has 0 bridgehead atoms. The van der Waals surface area contributed by atoms with Gasteiger partial charge in [0, 0.05) is 5.56 Å². The lowest BCUT2D eigenvalue weighted by atomic mass is 9.97. The van der Waals surface area contributed by atoms with E-state index in [9.17, 15) is 0 Å². The summed E-state index contributed by atoms with van der Waals surface area (Å²) >= 11 is 0. The Morgan fingerprint density at radius 2 is 1.48 bits per heavy atom. The van der Waals surface area contributed by atoms with Gasteiger partial charge in [-0.3, -0.25) is 5.32 Å². The Bertz CT molecular complexity index is 1070. The quantitative estimate of drug-likeness (QED) is 0.458. The Morgan fingerprint density at radius 3 is 2.21 bits per heavy atom. The number of nitrogens with one attached hydrogen (secondary N) is 1. The monoisotopic (exact) mass is 383 g/mol. The second kappa shape index (κ2) is 8.41. The van der Waals surface area contributed by atoms with Gasteiger partial charge in [0.25, 0.3) is 0 Å². The highest BCUT2D eigenvalue weighted by Gasteiger charge is 2.21. The Labute approximate surface area is 171 Å². The van der Waals surface area contributed by atoms with Gasteiger partial charge in [-0.15, -0.1) is 10.2 Å². The van der Waals surface area contributed by atoms with Gasteiger partial charge in [0.1, 0.15) is 0 Å². The molecule has 0 amide bonds. The highest BCUT2D eigenvalue weighted by atomic mass is 16.4. The van der Waals surface area contributed by atoms with Crippen molar-refractivity contribution in [3.8, 4) is 11.5 Å². The number of aryl methyl sites for hydroxylation is 2. The van der Waals surface area contributed by atoms with Gasteiger partial charge >= 0.3 is 0 Å². The largest absolute Gasteiger partial charge is 0.419 e. The van der Waals surface area contributed by atoms with Crippen LogP contribution in [-0.4, -0.2) is 10.2 Å². The van der Waals surface area contributed by atoms with Gasteiger partial charge in [-0.25, -0.2) is 0 Å². The van der Waals surface area contributed by atoms with E-state index in [0.29, 0.717) is 11.8 Å². The van der Waals surface area contributed by atoms with Gasteiger partial charge in [-0.2, -0.15) is 0 Å². The van der Waals surface area contributed by atoms with E-state index in [2.05, 4.69) is 96.9 Å². The van der Waals surface area contributed by atoms with Crippen LogP contribution in [0.25, 0.3) is 11.5 Å². The van der Waals surface area contributed by atoms with Crippen molar-refractivity contribution in [3.63, 3.8) is 0 Å². The molecule has 3 aromatic carbocycles. The standard InChI is InChI=1S/C25H25N3O/c1-17-12-14-21(15-13-17)23(20-9-5-4-6-10-20)26-19(3)24-27-28-25(29-24)22-11-7-8-18(2)16-22/h4-16,19,23,26H,1-3H3/t19-,23+/m0/s1. The van der Waals surface area contributed by atoms with Crippen molar-refractivity contribution in [2.45, 2.75) is 32.9 Å². The lowest BCUT2D eigenvalue weighted by Gasteiger charge is -2.23. The second-order valence-electron chi connectivity index (χ2n) is 7.46. The van der Waals surface area contributed by atoms with E-state index in [1.54, 1.807) is 0 Å². The maximum Gasteiger partial charge on any atom is 0.247 e. The zero-order valence-electron chi connectivity index (χ0n) is 17.0. The first-order valence-electron chi connectivity index (χ1n) is 9.88. The van der Waals surface area contributed by atoms with Crippen LogP contribution in [0.4, 0.5) is 0 Å². The number of nitrogens with zero attached hydrogens (tertiary/aromatic N) is 2. The molecule has 0 fully saturated rings. The molecule has 0 aliphatic rings. The molecule has 2 atom stereocenters. The minimum Gasteiger partial charge on any atom is -0.419 e. The zero-order chi connectivity index (χ0) is 20.2. The minimum atomic E-state index is -0.104. The molecule has 4 heteroatoms. The summed E-state index contributed by atoms with van der Waals surface area (Å²) in [5, 5.41) is 12.2. The van der Waals surface area contributed by atoms with Crippen molar-refractivity contribution in [2.24, 2.45) is 0 Å². The molecule has 1 heterocycles. The van der Waals surface area contributed by atoms with Crippen molar-refractivity contribution in [3.05, 3.63) is 107 Å². The van der Waals surface area contributed by atoms with Crippen LogP contribution in [-0.2, 0) is 0 Å². The van der Waals surface area contributed by atoms with Crippen molar-refractivity contribution in [1.82, 2.24) is 15.5 Å². The molecule has 4 nitrogen and oxygen atoms in total. The Balaban J connectivity index is 1.60. The molecule has 0 radical (unpaired) electrons. The summed E-state index contributed by atoms with van der Waals surface area (Å²) < 4.78 is 5.99. The molecule has 0 unspecified atom stereocenters. The average Bonchev–Trinajstić information content (AvgIpc) is 3.24. The number of rotatable bonds is 6. The molecule has 1 N–H and O–H groups in total. The van der Waals surface area contributed by atoms with Crippen molar-refractivity contribution in [1.29, 1.82) is 0 Å². The SMILES string of the molecule is Cc1ccc([C@H](N[C@@H](C)c2nnc(-c3cccc(C)c3)o2)c2ccccc2)cc1. The van der Waals surface area contributed by atoms with Crippen LogP contribution >= 0.6 is 0 Å². The lowest BCUT2D eigenvalue weighted by molar-refractivity contribution is 0.403. The van der Waals surface area contributed by atoms with Crippen molar-refractivity contribution in [2.75, 3.05) is 0 Å². The molecule has 1 aromatic heterocycles. The number of benzene rings is 3. The van der Waals surface area contributed by atoms with E-state index < -0.39 is 0 Å². The van der Waals surface area contributed by atoms with Crippen LogP contribution in [0.1, 0.15) is 47.2 Å². The predicted molar refractivity (Wildman–Crippen MR) is 115 cm³/mol. The number of hydrogen-bond donors (Lipinski definition) is 1. The molecule has 0 aliphatic heterocycles. The van der Waals surface area contributed by atoms with E-state index in [0.717, 1.165) is 11.1 Å². The summed E-state index contributed by atoms with van der Waals surface area (Å²) in [5.74, 6) is 1.12. The molecule has 0 spiro atoms. The third-order valence-electron chi connectivity index (χ3n) is 5.04. The summed E-state index contributed by atoms with van der Waals surface area (Å²) in [6, 6.07) is 27.0. The van der Waals surface area contributed by atoms with Gasteiger partial charge in [-0.05, 0) is 44.0 Å². The number of hydrogen-bond acceptors (Lipinski definition) is 4. The smallest absolute Gasteiger partial charge is 0.247 e. The highest BCUT2D eigenvalue weighted by Crippen LogP contribution is 2.27. The van der Waals surface area contributed by atoms with Crippen LogP contribution in [0, 0.1) is 13.8 Å². The third-order valence-corrected chi connectivity index (χ3v) is 5.04. The van der Waals surface area contributed by atoms with Crippen LogP contribution in [0.2, 0.25) is 0 Å². The van der Waals surface area contributed by atoms with E-state index >= 15 is 0 Å². The Hall–Kier alpha value is -3.24. The van der Waals surface area contributed by atoms with Gasteiger partial charge < -0.3 is 4.42 Å². The summed E-state index contributed by atoms with van der Waals surface area (Å²) in [7, 11) is 0. The third kappa shape index (κ3) is 4.44. The molecule has 0 saturated carbocycles. The molecule has 29 heavy (non-hydrogen) atoms. The molecule has 4 rings (SSSR count). The van der Waals surface area contributed by atoms with E-state index in [-0.39, 0.29) is 12.1 Å². The van der Waals surface area contributed by atoms with Gasteiger partial charge in [0.2, 0.25) is 11.8 Å². The first kappa shape index (κ1) is 19.1. The molecule has 4 aromatic rings. The highest BCUT2D eigenvalue weighted by molar-refractivity contribution is 5.53. The molecular weight excluding hydrogens is 358 g/mol. The van der Waals surface area contributed by atoms with Gasteiger partial charge in [0.15, 0.2) is 0 Å². The number of aromatic nitrogens is 2. The first-order chi connectivity index (χ1) is 14.1. The zero-order valence-corrected chi connectivity index (χ0v) is 17.0. The normalized spacial score (nSPS) is 13.2. The molecular formula is C25H25N3O. The van der Waals surface area contributed by atoms with Crippen molar-refractivity contribution >= 4 is 0 Å². The van der Waals surface area contributed by atoms with Gasteiger partial charge in [0.05, 0.1) is 12.1 Å². The van der Waals surface area contributed by atoms with Crippen LogP contribution in [0.3, 0.4) is 0 Å². The maximum absolute atomic E-state index is 5.99. The van der Waals surface area contributed by atoms with Crippen LogP contribution in [0.15, 0.2) is 83.3 Å². The fourth-order valence-corrected chi connectivity index (χ4v) is 3.41. The van der Waals surface area contributed by atoms with E-state index in [4.69, 9.17) is 4.42 Å². The summed E-state index contributed by atoms with van der Waals surface area (Å²) in [6.45, 7) is 6.21. The van der Waals surface area contributed by atoms with Crippen molar-refractivity contribution < 1.29 is 4.42 Å². The average molecular weight is 383 g/mol. The summed E-state index contributed by atoms with van der Waals surface area (Å²) in [4.78, 5) is 0. The lowest BCUT2D eigenvalue weighted by Crippen LogP contribution is -2.26. The van der Waals surface area contributed by atoms with Crippen LogP contribution in [0.5, 0.6) is 0 Å². The second-order valence-corrected chi connectivity index (χ2v) is 7.46. The minimum absolute atomic E-state index is 0.0288. The molecule has 0 saturated heterocycles. The van der Waals surface area contributed by atoms with Crippen LogP contribution < -0.4 is 5.32 Å². The first-order valence-corrected chi connectivity index (χ1v) is 9.88. The predicted octanol–water partition coefficient (Wildman–Crippen LogP) is 5.79. The van der Waals surface area contributed by atoms with Gasteiger partial charge in [-0.1, -0.05) is 77.9 Å². The molecule has 0 aliphatic carbocycles. The topological polar surface area (TPSA) is 51.0 Å². The Morgan fingerprint density at radius 1 is 0.759 bits per heavy atom. The summed E-state index contributed by atoms with van der Waals surface area (Å²) in [6.07, 6.45) is 0. The van der Waals surface area contributed by atoms with E-state index in [1.807, 2.05) is 18.2 Å². The summed E-state index contributed by atoms with van der Waals surface area (Å²) in [5.41, 5.74) is 5.74. The van der Waals surface area contributed by atoms with E-state index in [1.165, 1.54) is 16.7 Å². The fourth-order valence-electron chi connectivity index (χ4n) is 3.41. The molecule has 146 valence electrons. The Kier molecular flexibility index (Phi) is 5.54. The maximum atomic E-state index is 5.99.